The Labute approximate surface area is 113 Å². The molecule has 0 bridgehead atoms. The highest BCUT2D eigenvalue weighted by Gasteiger charge is 2.02. The minimum Gasteiger partial charge on any atom is -0.433 e. The molecule has 0 aliphatic heterocycles. The van der Waals surface area contributed by atoms with Crippen molar-refractivity contribution in [3.8, 4) is 5.75 Å². The van der Waals surface area contributed by atoms with Crippen molar-refractivity contribution >= 4 is 0 Å². The summed E-state index contributed by atoms with van der Waals surface area (Å²) in [6, 6.07) is 3.06. The molecule has 0 saturated carbocycles. The standard InChI is InChI=1S/C7H7F2NO.C7H16O/c1-5-2-3-6(4-10-5)11-7(8)9;1-3-5-7(8)6-4-2/h2-4,7H,1H3;7-8H,3-6H2,1-2H3. The van der Waals surface area contributed by atoms with Gasteiger partial charge in [-0.1, -0.05) is 26.7 Å². The molecule has 0 saturated heterocycles. The zero-order valence-electron chi connectivity index (χ0n) is 11.8. The van der Waals surface area contributed by atoms with E-state index in [4.69, 9.17) is 5.11 Å². The summed E-state index contributed by atoms with van der Waals surface area (Å²) in [7, 11) is 0. The molecule has 1 aromatic rings. The summed E-state index contributed by atoms with van der Waals surface area (Å²) in [5.41, 5.74) is 0.770. The van der Waals surface area contributed by atoms with E-state index in [2.05, 4.69) is 23.6 Å². The summed E-state index contributed by atoms with van der Waals surface area (Å²) in [5.74, 6) is 0.0885. The average Bonchev–Trinajstić information content (AvgIpc) is 2.33. The maximum absolute atomic E-state index is 11.6. The van der Waals surface area contributed by atoms with Gasteiger partial charge in [0.05, 0.1) is 12.3 Å². The molecule has 19 heavy (non-hydrogen) atoms. The van der Waals surface area contributed by atoms with Crippen LogP contribution in [0.15, 0.2) is 18.3 Å². The van der Waals surface area contributed by atoms with Gasteiger partial charge in [-0.2, -0.15) is 8.78 Å². The normalized spacial score (nSPS) is 10.3. The van der Waals surface area contributed by atoms with E-state index in [0.29, 0.717) is 0 Å². The zero-order chi connectivity index (χ0) is 14.7. The number of hydrogen-bond acceptors (Lipinski definition) is 3. The predicted octanol–water partition coefficient (Wildman–Crippen LogP) is 3.94. The Morgan fingerprint density at radius 1 is 1.21 bits per heavy atom. The van der Waals surface area contributed by atoms with E-state index in [9.17, 15) is 8.78 Å². The second kappa shape index (κ2) is 10.7. The first-order valence-electron chi connectivity index (χ1n) is 6.55. The number of hydrogen-bond donors (Lipinski definition) is 1. The third-order valence-electron chi connectivity index (χ3n) is 2.35. The van der Waals surface area contributed by atoms with Gasteiger partial charge in [-0.3, -0.25) is 4.98 Å². The number of aliphatic hydroxyl groups excluding tert-OH is 1. The first kappa shape index (κ1) is 17.8. The van der Waals surface area contributed by atoms with Crippen molar-refractivity contribution in [3.63, 3.8) is 0 Å². The van der Waals surface area contributed by atoms with Gasteiger partial charge in [-0.25, -0.2) is 0 Å². The van der Waals surface area contributed by atoms with Crippen molar-refractivity contribution in [3.05, 3.63) is 24.0 Å². The molecule has 3 nitrogen and oxygen atoms in total. The minimum atomic E-state index is -2.78. The van der Waals surface area contributed by atoms with E-state index in [0.717, 1.165) is 31.4 Å². The van der Waals surface area contributed by atoms with Crippen molar-refractivity contribution in [1.82, 2.24) is 4.98 Å². The molecule has 110 valence electrons. The summed E-state index contributed by atoms with van der Waals surface area (Å²) in [6.07, 6.45) is 5.36. The molecular formula is C14H23F2NO2. The lowest BCUT2D eigenvalue weighted by atomic mass is 10.1. The summed E-state index contributed by atoms with van der Waals surface area (Å²) < 4.78 is 27.2. The van der Waals surface area contributed by atoms with Gasteiger partial charge >= 0.3 is 6.61 Å². The zero-order valence-corrected chi connectivity index (χ0v) is 11.8. The van der Waals surface area contributed by atoms with Gasteiger partial charge < -0.3 is 9.84 Å². The fourth-order valence-electron chi connectivity index (χ4n) is 1.44. The van der Waals surface area contributed by atoms with Gasteiger partial charge in [-0.15, -0.1) is 0 Å². The van der Waals surface area contributed by atoms with E-state index in [-0.39, 0.29) is 11.9 Å². The molecular weight excluding hydrogens is 252 g/mol. The number of aliphatic hydroxyl groups is 1. The molecule has 0 aromatic carbocycles. The summed E-state index contributed by atoms with van der Waals surface area (Å²) >= 11 is 0. The average molecular weight is 275 g/mol. The number of halogens is 2. The van der Waals surface area contributed by atoms with Crippen LogP contribution in [0.25, 0.3) is 0 Å². The van der Waals surface area contributed by atoms with E-state index in [1.165, 1.54) is 12.3 Å². The van der Waals surface area contributed by atoms with Crippen LogP contribution in [0, 0.1) is 6.92 Å². The smallest absolute Gasteiger partial charge is 0.387 e. The van der Waals surface area contributed by atoms with Gasteiger partial charge in [-0.05, 0) is 31.9 Å². The van der Waals surface area contributed by atoms with E-state index in [1.54, 1.807) is 13.0 Å². The van der Waals surface area contributed by atoms with Crippen LogP contribution in [0.3, 0.4) is 0 Å². The van der Waals surface area contributed by atoms with Gasteiger partial charge in [0.1, 0.15) is 5.75 Å². The minimum absolute atomic E-state index is 0.0370. The molecule has 1 aromatic heterocycles. The van der Waals surface area contributed by atoms with Crippen LogP contribution < -0.4 is 4.74 Å². The second-order valence-corrected chi connectivity index (χ2v) is 4.24. The molecule has 0 unspecified atom stereocenters. The Morgan fingerprint density at radius 3 is 2.16 bits per heavy atom. The van der Waals surface area contributed by atoms with E-state index in [1.807, 2.05) is 0 Å². The SMILES string of the molecule is CCCC(O)CCC.Cc1ccc(OC(F)F)cn1. The Kier molecular flexibility index (Phi) is 9.98. The molecule has 0 aliphatic rings. The predicted molar refractivity (Wildman–Crippen MR) is 71.4 cm³/mol. The largest absolute Gasteiger partial charge is 0.433 e. The van der Waals surface area contributed by atoms with Crippen LogP contribution in [-0.2, 0) is 0 Å². The highest BCUT2D eigenvalue weighted by Crippen LogP contribution is 2.11. The number of rotatable bonds is 6. The number of aryl methyl sites for hydroxylation is 1. The Bertz CT molecular complexity index is 312. The molecule has 5 heteroatoms. The number of pyridine rings is 1. The van der Waals surface area contributed by atoms with Gasteiger partial charge in [0, 0.05) is 5.69 Å². The van der Waals surface area contributed by atoms with Crippen molar-refractivity contribution in [2.24, 2.45) is 0 Å². The lowest BCUT2D eigenvalue weighted by Gasteiger charge is -2.04. The third kappa shape index (κ3) is 10.4. The maximum Gasteiger partial charge on any atom is 0.387 e. The van der Waals surface area contributed by atoms with Crippen molar-refractivity contribution in [2.75, 3.05) is 0 Å². The van der Waals surface area contributed by atoms with Crippen molar-refractivity contribution in [1.29, 1.82) is 0 Å². The van der Waals surface area contributed by atoms with Gasteiger partial charge in [0.15, 0.2) is 0 Å². The molecule has 0 fully saturated rings. The number of aromatic nitrogens is 1. The summed E-state index contributed by atoms with van der Waals surface area (Å²) in [4.78, 5) is 3.77. The molecule has 1 rings (SSSR count). The lowest BCUT2D eigenvalue weighted by Crippen LogP contribution is -2.03. The fraction of sp³-hybridized carbons (Fsp3) is 0.643. The lowest BCUT2D eigenvalue weighted by molar-refractivity contribution is -0.0500. The van der Waals surface area contributed by atoms with E-state index >= 15 is 0 Å². The third-order valence-corrected chi connectivity index (χ3v) is 2.35. The Balaban J connectivity index is 0.000000362. The van der Waals surface area contributed by atoms with Crippen molar-refractivity contribution in [2.45, 2.75) is 59.2 Å². The molecule has 0 radical (unpaired) electrons. The highest BCUT2D eigenvalue weighted by molar-refractivity contribution is 5.18. The molecule has 0 atom stereocenters. The van der Waals surface area contributed by atoms with E-state index < -0.39 is 6.61 Å². The van der Waals surface area contributed by atoms with Crippen LogP contribution >= 0.6 is 0 Å². The first-order valence-corrected chi connectivity index (χ1v) is 6.55. The molecule has 1 N–H and O–H groups in total. The van der Waals surface area contributed by atoms with Crippen molar-refractivity contribution < 1.29 is 18.6 Å². The molecule has 1 heterocycles. The quantitative estimate of drug-likeness (QED) is 0.855. The topological polar surface area (TPSA) is 42.4 Å². The summed E-state index contributed by atoms with van der Waals surface area (Å²) in [6.45, 7) is 3.18. The van der Waals surface area contributed by atoms with Crippen LogP contribution in [0.4, 0.5) is 8.78 Å². The number of nitrogens with zero attached hydrogens (tertiary/aromatic N) is 1. The maximum atomic E-state index is 11.6. The van der Waals surface area contributed by atoms with Crippen LogP contribution in [-0.4, -0.2) is 22.8 Å². The Morgan fingerprint density at radius 2 is 1.79 bits per heavy atom. The number of alkyl halides is 2. The van der Waals surface area contributed by atoms with Crippen LogP contribution in [0.5, 0.6) is 5.75 Å². The number of ether oxygens (including phenoxy) is 1. The summed E-state index contributed by atoms with van der Waals surface area (Å²) in [5, 5.41) is 9.05. The molecule has 0 amide bonds. The fourth-order valence-corrected chi connectivity index (χ4v) is 1.44. The monoisotopic (exact) mass is 275 g/mol. The van der Waals surface area contributed by atoms with Crippen LogP contribution in [0.2, 0.25) is 0 Å². The van der Waals surface area contributed by atoms with Crippen LogP contribution in [0.1, 0.15) is 45.2 Å². The second-order valence-electron chi connectivity index (χ2n) is 4.24. The van der Waals surface area contributed by atoms with Gasteiger partial charge in [0.2, 0.25) is 0 Å². The molecule has 0 aliphatic carbocycles. The first-order chi connectivity index (χ1) is 8.99. The highest BCUT2D eigenvalue weighted by atomic mass is 19.3. The Hall–Kier alpha value is -1.23. The molecule has 0 spiro atoms. The van der Waals surface area contributed by atoms with Gasteiger partial charge in [0.25, 0.3) is 0 Å².